The van der Waals surface area contributed by atoms with Gasteiger partial charge in [-0.05, 0) is 30.3 Å². The second-order valence-corrected chi connectivity index (χ2v) is 6.49. The molecule has 136 valence electrons. The first-order valence-electron chi connectivity index (χ1n) is 8.06. The highest BCUT2D eigenvalue weighted by molar-refractivity contribution is 7.19. The van der Waals surface area contributed by atoms with E-state index in [1.807, 2.05) is 30.3 Å². The van der Waals surface area contributed by atoms with Crippen LogP contribution in [0, 0.1) is 0 Å². The van der Waals surface area contributed by atoms with Crippen molar-refractivity contribution in [2.24, 2.45) is 0 Å². The van der Waals surface area contributed by atoms with Crippen LogP contribution in [0.4, 0.5) is 5.69 Å². The third-order valence-corrected chi connectivity index (χ3v) is 4.68. The Hall–Kier alpha value is -3.46. The smallest absolute Gasteiger partial charge is 0.262 e. The zero-order valence-corrected chi connectivity index (χ0v) is 15.1. The molecule has 4 aromatic rings. The molecule has 4 rings (SSSR count). The Morgan fingerprint density at radius 3 is 2.85 bits per heavy atom. The van der Waals surface area contributed by atoms with Gasteiger partial charge in [0.05, 0.1) is 12.8 Å². The second kappa shape index (κ2) is 7.42. The number of methoxy groups -OCH3 is 1. The maximum atomic E-state index is 12.3. The van der Waals surface area contributed by atoms with Crippen LogP contribution in [0.1, 0.15) is 0 Å². The second-order valence-electron chi connectivity index (χ2n) is 5.53. The minimum Gasteiger partial charge on any atom is -0.495 e. The minimum absolute atomic E-state index is 0.103. The molecule has 0 aliphatic carbocycles. The summed E-state index contributed by atoms with van der Waals surface area (Å²) in [5.74, 6) is 0.898. The maximum Gasteiger partial charge on any atom is 0.262 e. The molecule has 8 nitrogen and oxygen atoms in total. The van der Waals surface area contributed by atoms with Crippen molar-refractivity contribution in [2.75, 3.05) is 19.0 Å². The zero-order valence-electron chi connectivity index (χ0n) is 14.3. The Kier molecular flexibility index (Phi) is 4.67. The highest BCUT2D eigenvalue weighted by Gasteiger charge is 2.13. The summed E-state index contributed by atoms with van der Waals surface area (Å²) in [5.41, 5.74) is 1.38. The number of amides is 1. The fourth-order valence-electron chi connectivity index (χ4n) is 2.47. The van der Waals surface area contributed by atoms with Crippen LogP contribution >= 0.6 is 11.3 Å². The molecule has 0 saturated heterocycles. The first-order valence-corrected chi connectivity index (χ1v) is 8.87. The topological polar surface area (TPSA) is 90.6 Å². The maximum absolute atomic E-state index is 12.3. The zero-order chi connectivity index (χ0) is 18.6. The van der Waals surface area contributed by atoms with Crippen molar-refractivity contribution in [3.63, 3.8) is 0 Å². The lowest BCUT2D eigenvalue weighted by Gasteiger charge is -2.12. The summed E-state index contributed by atoms with van der Waals surface area (Å²) in [5, 5.41) is 15.8. The summed E-state index contributed by atoms with van der Waals surface area (Å²) < 4.78 is 12.4. The van der Waals surface area contributed by atoms with Crippen molar-refractivity contribution in [3.05, 3.63) is 54.9 Å². The number of hydrogen-bond acceptors (Lipinski definition) is 7. The molecule has 9 heteroatoms. The van der Waals surface area contributed by atoms with E-state index >= 15 is 0 Å². The van der Waals surface area contributed by atoms with Crippen LogP contribution in [-0.4, -0.2) is 39.4 Å². The van der Waals surface area contributed by atoms with E-state index < -0.39 is 0 Å². The van der Waals surface area contributed by atoms with E-state index in [1.54, 1.807) is 36.2 Å². The molecule has 0 spiro atoms. The molecule has 0 unspecified atom stereocenters. The normalized spacial score (nSPS) is 10.7. The largest absolute Gasteiger partial charge is 0.495 e. The van der Waals surface area contributed by atoms with Crippen LogP contribution in [0.5, 0.6) is 11.5 Å². The van der Waals surface area contributed by atoms with Crippen molar-refractivity contribution in [3.8, 4) is 22.1 Å². The average Bonchev–Trinajstić information content (AvgIpc) is 3.29. The molecule has 2 aromatic heterocycles. The van der Waals surface area contributed by atoms with Gasteiger partial charge in [-0.15, -0.1) is 10.2 Å². The van der Waals surface area contributed by atoms with Gasteiger partial charge in [0, 0.05) is 5.56 Å². The number of carbonyl (C=O) groups excluding carboxylic acids is 1. The standard InChI is InChI=1S/C18H15N5O3S/c1-25-15-8-7-12(17-22-23-11-19-21-18(23)27-17)9-14(15)20-16(24)10-26-13-5-3-2-4-6-13/h2-9,11H,10H2,1H3,(H,20,24). The summed E-state index contributed by atoms with van der Waals surface area (Å²) in [6.45, 7) is -0.103. The van der Waals surface area contributed by atoms with Crippen molar-refractivity contribution >= 4 is 27.9 Å². The monoisotopic (exact) mass is 381 g/mol. The van der Waals surface area contributed by atoms with Gasteiger partial charge in [-0.3, -0.25) is 4.79 Å². The fourth-order valence-corrected chi connectivity index (χ4v) is 3.28. The van der Waals surface area contributed by atoms with E-state index in [2.05, 4.69) is 20.6 Å². The van der Waals surface area contributed by atoms with Gasteiger partial charge in [-0.1, -0.05) is 29.5 Å². The van der Waals surface area contributed by atoms with Gasteiger partial charge in [0.15, 0.2) is 6.61 Å². The van der Waals surface area contributed by atoms with E-state index in [4.69, 9.17) is 9.47 Å². The molecule has 0 atom stereocenters. The lowest BCUT2D eigenvalue weighted by Crippen LogP contribution is -2.20. The molecule has 0 saturated carbocycles. The Bertz CT molecular complexity index is 1050. The molecule has 27 heavy (non-hydrogen) atoms. The molecule has 0 aliphatic heterocycles. The third kappa shape index (κ3) is 3.72. The van der Waals surface area contributed by atoms with E-state index in [0.29, 0.717) is 22.1 Å². The summed E-state index contributed by atoms with van der Waals surface area (Å²) in [7, 11) is 1.55. The quantitative estimate of drug-likeness (QED) is 0.552. The van der Waals surface area contributed by atoms with Gasteiger partial charge in [-0.2, -0.15) is 9.61 Å². The molecule has 2 heterocycles. The molecule has 1 N–H and O–H groups in total. The van der Waals surface area contributed by atoms with Gasteiger partial charge >= 0.3 is 0 Å². The van der Waals surface area contributed by atoms with Gasteiger partial charge in [0.25, 0.3) is 5.91 Å². The van der Waals surface area contributed by atoms with Gasteiger partial charge in [0.1, 0.15) is 22.8 Å². The molecule has 0 aliphatic rings. The number of para-hydroxylation sites is 1. The Balaban J connectivity index is 1.52. The van der Waals surface area contributed by atoms with Crippen LogP contribution in [-0.2, 0) is 4.79 Å². The molecular weight excluding hydrogens is 366 g/mol. The highest BCUT2D eigenvalue weighted by Crippen LogP contribution is 2.32. The SMILES string of the molecule is COc1ccc(-c2nn3cnnc3s2)cc1NC(=O)COc1ccccc1. The van der Waals surface area contributed by atoms with E-state index in [-0.39, 0.29) is 12.5 Å². The molecule has 2 aromatic carbocycles. The fraction of sp³-hybridized carbons (Fsp3) is 0.111. The number of hydrogen-bond donors (Lipinski definition) is 1. The first-order chi connectivity index (χ1) is 13.2. The van der Waals surface area contributed by atoms with Gasteiger partial charge in [0.2, 0.25) is 4.96 Å². The van der Waals surface area contributed by atoms with Crippen LogP contribution in [0.25, 0.3) is 15.5 Å². The van der Waals surface area contributed by atoms with Crippen LogP contribution in [0.2, 0.25) is 0 Å². The number of nitrogens with one attached hydrogen (secondary N) is 1. The first kappa shape index (κ1) is 17.0. The number of anilines is 1. The number of fused-ring (bicyclic) bond motifs is 1. The summed E-state index contributed by atoms with van der Waals surface area (Å²) >= 11 is 1.41. The lowest BCUT2D eigenvalue weighted by molar-refractivity contribution is -0.118. The number of carbonyl (C=O) groups is 1. The van der Waals surface area contributed by atoms with Crippen molar-refractivity contribution in [1.29, 1.82) is 0 Å². The van der Waals surface area contributed by atoms with Crippen molar-refractivity contribution in [1.82, 2.24) is 19.8 Å². The van der Waals surface area contributed by atoms with E-state index in [1.165, 1.54) is 11.3 Å². The summed E-state index contributed by atoms with van der Waals surface area (Å²) in [6, 6.07) is 14.6. The summed E-state index contributed by atoms with van der Waals surface area (Å²) in [4.78, 5) is 13.0. The molecule has 1 amide bonds. The minimum atomic E-state index is -0.285. The van der Waals surface area contributed by atoms with Crippen LogP contribution in [0.3, 0.4) is 0 Å². The van der Waals surface area contributed by atoms with Gasteiger partial charge < -0.3 is 14.8 Å². The molecule has 0 fully saturated rings. The molecule has 0 radical (unpaired) electrons. The van der Waals surface area contributed by atoms with Crippen LogP contribution in [0.15, 0.2) is 54.9 Å². The number of nitrogens with zero attached hydrogens (tertiary/aromatic N) is 4. The number of rotatable bonds is 6. The van der Waals surface area contributed by atoms with Gasteiger partial charge in [-0.25, -0.2) is 0 Å². The number of benzene rings is 2. The highest BCUT2D eigenvalue weighted by atomic mass is 32.1. The lowest BCUT2D eigenvalue weighted by atomic mass is 10.2. The average molecular weight is 381 g/mol. The van der Waals surface area contributed by atoms with Crippen molar-refractivity contribution < 1.29 is 14.3 Å². The summed E-state index contributed by atoms with van der Waals surface area (Å²) in [6.07, 6.45) is 1.54. The van der Waals surface area contributed by atoms with E-state index in [0.717, 1.165) is 10.6 Å². The number of ether oxygens (including phenoxy) is 2. The predicted octanol–water partition coefficient (Wildman–Crippen LogP) is 2.88. The molecule has 0 bridgehead atoms. The Morgan fingerprint density at radius 2 is 2.07 bits per heavy atom. The number of aromatic nitrogens is 4. The molecular formula is C18H15N5O3S. The van der Waals surface area contributed by atoms with Crippen LogP contribution < -0.4 is 14.8 Å². The Morgan fingerprint density at radius 1 is 1.22 bits per heavy atom. The van der Waals surface area contributed by atoms with Crippen molar-refractivity contribution in [2.45, 2.75) is 0 Å². The Labute approximate surface area is 158 Å². The predicted molar refractivity (Wildman–Crippen MR) is 101 cm³/mol. The third-order valence-electron chi connectivity index (χ3n) is 3.72. The van der Waals surface area contributed by atoms with E-state index in [9.17, 15) is 4.79 Å².